The molecule has 3 rings (SSSR count). The van der Waals surface area contributed by atoms with E-state index in [0.717, 1.165) is 31.7 Å². The molecule has 1 atom stereocenters. The van der Waals surface area contributed by atoms with Gasteiger partial charge in [-0.3, -0.25) is 14.8 Å². The van der Waals surface area contributed by atoms with Gasteiger partial charge in [-0.25, -0.2) is 4.68 Å². The Morgan fingerprint density at radius 1 is 1.30 bits per heavy atom. The zero-order valence-corrected chi connectivity index (χ0v) is 16.7. The second kappa shape index (κ2) is 9.69. The average molecular weight is 419 g/mol. The van der Waals surface area contributed by atoms with Crippen LogP contribution < -0.4 is 5.32 Å². The van der Waals surface area contributed by atoms with Crippen molar-refractivity contribution in [2.45, 2.75) is 57.8 Å². The molecule has 0 aliphatic carbocycles. The summed E-state index contributed by atoms with van der Waals surface area (Å²) < 4.78 is 40.9. The molecule has 160 valence electrons. The van der Waals surface area contributed by atoms with E-state index in [2.05, 4.69) is 27.3 Å². The molecular formula is C21H24F3N5O. The predicted octanol–water partition coefficient (Wildman–Crippen LogP) is 4.69. The Balaban J connectivity index is 1.72. The topological polar surface area (TPSA) is 72.2 Å². The fourth-order valence-corrected chi connectivity index (χ4v) is 3.16. The van der Waals surface area contributed by atoms with Gasteiger partial charge in [0.15, 0.2) is 5.69 Å². The number of carbonyl (C=O) groups excluding carboxylic acids is 1. The minimum absolute atomic E-state index is 0.0698. The second-order valence-electron chi connectivity index (χ2n) is 7.10. The third-order valence-corrected chi connectivity index (χ3v) is 4.72. The molecular weight excluding hydrogens is 395 g/mol. The van der Waals surface area contributed by atoms with Gasteiger partial charge in [-0.15, -0.1) is 0 Å². The van der Waals surface area contributed by atoms with Crippen molar-refractivity contribution >= 4 is 17.8 Å². The second-order valence-corrected chi connectivity index (χ2v) is 7.10. The fraction of sp³-hybridized carbons (Fsp3) is 0.429. The largest absolute Gasteiger partial charge is 0.435 e. The number of halogens is 3. The highest BCUT2D eigenvalue weighted by Crippen LogP contribution is 2.33. The van der Waals surface area contributed by atoms with Gasteiger partial charge in [-0.2, -0.15) is 18.3 Å². The van der Waals surface area contributed by atoms with Crippen LogP contribution in [0.1, 0.15) is 51.1 Å². The molecule has 0 radical (unpaired) electrons. The average Bonchev–Trinajstić information content (AvgIpc) is 3.18. The molecule has 1 aliphatic heterocycles. The molecule has 9 heteroatoms. The minimum atomic E-state index is -4.57. The summed E-state index contributed by atoms with van der Waals surface area (Å²) in [5.74, 6) is -0.0698. The Labute approximate surface area is 172 Å². The molecule has 0 bridgehead atoms. The van der Waals surface area contributed by atoms with Crippen LogP contribution in [0.15, 0.2) is 41.7 Å². The van der Waals surface area contributed by atoms with Gasteiger partial charge in [0.25, 0.3) is 0 Å². The molecule has 0 aromatic carbocycles. The van der Waals surface area contributed by atoms with E-state index in [9.17, 15) is 18.0 Å². The van der Waals surface area contributed by atoms with Crippen molar-refractivity contribution in [2.75, 3.05) is 0 Å². The molecule has 0 saturated carbocycles. The van der Waals surface area contributed by atoms with Crippen molar-refractivity contribution in [3.05, 3.63) is 42.4 Å². The molecule has 1 unspecified atom stereocenters. The van der Waals surface area contributed by atoms with Crippen LogP contribution in [0.3, 0.4) is 0 Å². The maximum atomic E-state index is 13.2. The third-order valence-electron chi connectivity index (χ3n) is 4.72. The van der Waals surface area contributed by atoms with Crippen molar-refractivity contribution in [3.8, 4) is 11.3 Å². The summed E-state index contributed by atoms with van der Waals surface area (Å²) in [6, 6.07) is 4.31. The smallest absolute Gasteiger partial charge is 0.334 e. The monoisotopic (exact) mass is 419 g/mol. The maximum Gasteiger partial charge on any atom is 0.435 e. The Hall–Kier alpha value is -2.97. The summed E-state index contributed by atoms with van der Waals surface area (Å²) in [5.41, 5.74) is 0.208. The molecule has 2 aromatic rings. The van der Waals surface area contributed by atoms with Crippen molar-refractivity contribution in [1.82, 2.24) is 20.1 Å². The molecule has 3 heterocycles. The highest BCUT2D eigenvalue weighted by molar-refractivity contribution is 6.03. The number of nitrogens with one attached hydrogen (secondary N) is 1. The zero-order chi connectivity index (χ0) is 21.6. The Bertz CT molecular complexity index is 918. The van der Waals surface area contributed by atoms with E-state index in [1.807, 2.05) is 0 Å². The summed E-state index contributed by atoms with van der Waals surface area (Å²) in [7, 11) is 0. The molecule has 2 aromatic heterocycles. The van der Waals surface area contributed by atoms with E-state index >= 15 is 0 Å². The van der Waals surface area contributed by atoms with Crippen LogP contribution in [0.4, 0.5) is 13.2 Å². The number of nitrogens with zero attached hydrogens (tertiary/aromatic N) is 4. The molecule has 30 heavy (non-hydrogen) atoms. The van der Waals surface area contributed by atoms with E-state index in [0.29, 0.717) is 24.1 Å². The summed E-state index contributed by atoms with van der Waals surface area (Å²) >= 11 is 0. The molecule has 1 N–H and O–H groups in total. The van der Waals surface area contributed by atoms with Gasteiger partial charge >= 0.3 is 6.18 Å². The van der Waals surface area contributed by atoms with Gasteiger partial charge < -0.3 is 5.32 Å². The van der Waals surface area contributed by atoms with Gasteiger partial charge in [-0.05, 0) is 24.6 Å². The number of pyridine rings is 1. The van der Waals surface area contributed by atoms with E-state index in [1.54, 1.807) is 24.4 Å². The van der Waals surface area contributed by atoms with Gasteiger partial charge in [0.2, 0.25) is 5.91 Å². The number of hydrogen-bond acceptors (Lipinski definition) is 4. The van der Waals surface area contributed by atoms with Crippen molar-refractivity contribution < 1.29 is 18.0 Å². The van der Waals surface area contributed by atoms with Gasteiger partial charge in [0.1, 0.15) is 6.17 Å². The molecule has 0 saturated heterocycles. The quantitative estimate of drug-likeness (QED) is 0.631. The van der Waals surface area contributed by atoms with Gasteiger partial charge in [0, 0.05) is 37.0 Å². The highest BCUT2D eigenvalue weighted by Gasteiger charge is 2.35. The number of allylic oxidation sites excluding steroid dienone is 1. The standard InChI is InChI=1S/C21H24F3N5O/c1-2-3-4-5-8-20(30)27-19-10-9-16(14-26-19)29-17(15-7-6-11-25-13-15)12-18(28-29)21(22,23)24/h6-7,9,11-14,19H,2-5,8,10H2,1H3,(H,27,30). The van der Waals surface area contributed by atoms with Crippen molar-refractivity contribution in [2.24, 2.45) is 4.99 Å². The van der Waals surface area contributed by atoms with E-state index in [-0.39, 0.29) is 11.6 Å². The molecule has 0 spiro atoms. The SMILES string of the molecule is CCCCCCC(=O)NC1CC=C(n2nc(C(F)(F)F)cc2-c2cccnc2)C=N1. The van der Waals surface area contributed by atoms with Gasteiger partial charge in [0.05, 0.1) is 11.4 Å². The van der Waals surface area contributed by atoms with E-state index < -0.39 is 18.0 Å². The first-order chi connectivity index (χ1) is 14.4. The lowest BCUT2D eigenvalue weighted by Gasteiger charge is -2.18. The number of amides is 1. The number of aliphatic imine (C=N–C) groups is 1. The van der Waals surface area contributed by atoms with E-state index in [4.69, 9.17) is 0 Å². The number of rotatable bonds is 8. The fourth-order valence-electron chi connectivity index (χ4n) is 3.16. The van der Waals surface area contributed by atoms with Crippen LogP contribution in [-0.2, 0) is 11.0 Å². The Morgan fingerprint density at radius 3 is 2.77 bits per heavy atom. The lowest BCUT2D eigenvalue weighted by molar-refractivity contribution is -0.141. The van der Waals surface area contributed by atoms with Gasteiger partial charge in [-0.1, -0.05) is 32.3 Å². The molecule has 6 nitrogen and oxygen atoms in total. The van der Waals surface area contributed by atoms with Crippen LogP contribution in [0, 0.1) is 0 Å². The van der Waals surface area contributed by atoms with Crippen molar-refractivity contribution in [1.29, 1.82) is 0 Å². The van der Waals surface area contributed by atoms with Crippen LogP contribution in [0.5, 0.6) is 0 Å². The number of hydrogen-bond donors (Lipinski definition) is 1. The maximum absolute atomic E-state index is 13.2. The van der Waals surface area contributed by atoms with Crippen LogP contribution in [0.2, 0.25) is 0 Å². The first kappa shape index (κ1) is 21.7. The zero-order valence-electron chi connectivity index (χ0n) is 16.7. The number of dihydropyridines is 1. The Kier molecular flexibility index (Phi) is 7.02. The molecule has 0 fully saturated rings. The van der Waals surface area contributed by atoms with Crippen LogP contribution >= 0.6 is 0 Å². The predicted molar refractivity (Wildman–Crippen MR) is 109 cm³/mol. The molecule has 1 aliphatic rings. The third kappa shape index (κ3) is 5.55. The first-order valence-corrected chi connectivity index (χ1v) is 9.99. The van der Waals surface area contributed by atoms with Crippen LogP contribution in [0.25, 0.3) is 17.0 Å². The number of unbranched alkanes of at least 4 members (excludes halogenated alkanes) is 3. The number of aromatic nitrogens is 3. The summed E-state index contributed by atoms with van der Waals surface area (Å²) in [6.07, 6.45) is 6.08. The number of alkyl halides is 3. The first-order valence-electron chi connectivity index (χ1n) is 9.99. The van der Waals surface area contributed by atoms with E-state index in [1.165, 1.54) is 17.1 Å². The lowest BCUT2D eigenvalue weighted by atomic mass is 10.1. The minimum Gasteiger partial charge on any atom is -0.334 e. The van der Waals surface area contributed by atoms with Crippen LogP contribution in [-0.4, -0.2) is 33.1 Å². The Morgan fingerprint density at radius 2 is 2.13 bits per heavy atom. The highest BCUT2D eigenvalue weighted by atomic mass is 19.4. The number of carbonyl (C=O) groups is 1. The molecule has 1 amide bonds. The summed E-state index contributed by atoms with van der Waals surface area (Å²) in [4.78, 5) is 20.3. The summed E-state index contributed by atoms with van der Waals surface area (Å²) in [5, 5.41) is 6.58. The lowest BCUT2D eigenvalue weighted by Crippen LogP contribution is -2.34. The van der Waals surface area contributed by atoms with Crippen molar-refractivity contribution in [3.63, 3.8) is 0 Å². The summed E-state index contributed by atoms with van der Waals surface area (Å²) in [6.45, 7) is 2.11. The normalized spacial score (nSPS) is 16.4.